The van der Waals surface area contributed by atoms with Crippen LogP contribution in [-0.2, 0) is 4.74 Å². The van der Waals surface area contributed by atoms with E-state index in [0.717, 1.165) is 5.56 Å². The normalized spacial score (nSPS) is 11.6. The van der Waals surface area contributed by atoms with Gasteiger partial charge in [0, 0.05) is 5.56 Å². The fourth-order valence-electron chi connectivity index (χ4n) is 2.63. The molecule has 0 amide bonds. The van der Waals surface area contributed by atoms with E-state index in [4.69, 9.17) is 23.4 Å². The molecule has 0 N–H and O–H groups in total. The molecular weight excluding hydrogens is 364 g/mol. The molecule has 2 aromatic carbocycles. The van der Waals surface area contributed by atoms with Crippen LogP contribution < -0.4 is 14.2 Å². The number of ether oxygens (including phenoxy) is 4. The summed E-state index contributed by atoms with van der Waals surface area (Å²) >= 11 is 0. The van der Waals surface area contributed by atoms with E-state index in [1.54, 1.807) is 19.1 Å². The zero-order valence-corrected chi connectivity index (χ0v) is 16.0. The molecule has 3 aromatic rings. The molecule has 0 aliphatic heterocycles. The summed E-state index contributed by atoms with van der Waals surface area (Å²) in [5, 5.41) is 7.98. The van der Waals surface area contributed by atoms with E-state index in [1.165, 1.54) is 21.3 Å². The Balaban J connectivity index is 1.81. The van der Waals surface area contributed by atoms with Crippen LogP contribution in [0.1, 0.15) is 29.3 Å². The van der Waals surface area contributed by atoms with Crippen LogP contribution in [0, 0.1) is 0 Å². The summed E-state index contributed by atoms with van der Waals surface area (Å²) in [4.78, 5) is 12.7. The maximum Gasteiger partial charge on any atom is 0.342 e. The lowest BCUT2D eigenvalue weighted by molar-refractivity contribution is 0.0275. The van der Waals surface area contributed by atoms with E-state index < -0.39 is 12.1 Å². The fraction of sp³-hybridized carbons (Fsp3) is 0.250. The molecule has 0 aliphatic carbocycles. The molecule has 0 radical (unpaired) electrons. The first-order valence-corrected chi connectivity index (χ1v) is 8.47. The van der Waals surface area contributed by atoms with Crippen molar-refractivity contribution in [2.45, 2.75) is 13.0 Å². The lowest BCUT2D eigenvalue weighted by Crippen LogP contribution is -2.11. The minimum atomic E-state index is -0.754. The number of rotatable bonds is 7. The number of hydrogen-bond acceptors (Lipinski definition) is 8. The summed E-state index contributed by atoms with van der Waals surface area (Å²) in [5.74, 6) is 0.873. The maximum atomic E-state index is 12.7. The molecule has 0 saturated heterocycles. The summed E-state index contributed by atoms with van der Waals surface area (Å²) in [6.45, 7) is 1.65. The van der Waals surface area contributed by atoms with Crippen LogP contribution in [0.2, 0.25) is 0 Å². The zero-order chi connectivity index (χ0) is 20.1. The molecule has 8 heteroatoms. The highest BCUT2D eigenvalue weighted by atomic mass is 16.6. The van der Waals surface area contributed by atoms with Gasteiger partial charge in [-0.1, -0.05) is 18.2 Å². The van der Waals surface area contributed by atoms with Gasteiger partial charge in [0.2, 0.25) is 11.6 Å². The summed E-state index contributed by atoms with van der Waals surface area (Å²) in [5.41, 5.74) is 0.969. The van der Waals surface area contributed by atoms with Gasteiger partial charge in [0.05, 0.1) is 21.3 Å². The first-order valence-electron chi connectivity index (χ1n) is 8.47. The Hall–Kier alpha value is -3.55. The number of carbonyl (C=O) groups is 1. The second-order valence-electron chi connectivity index (χ2n) is 5.74. The first kappa shape index (κ1) is 19.2. The van der Waals surface area contributed by atoms with Gasteiger partial charge in [-0.2, -0.15) is 0 Å². The van der Waals surface area contributed by atoms with Gasteiger partial charge in [0.1, 0.15) is 5.56 Å². The Labute approximate surface area is 162 Å². The monoisotopic (exact) mass is 384 g/mol. The number of aromatic nitrogens is 2. The van der Waals surface area contributed by atoms with E-state index in [0.29, 0.717) is 17.4 Å². The van der Waals surface area contributed by atoms with Crippen LogP contribution >= 0.6 is 0 Å². The Morgan fingerprint density at radius 2 is 1.64 bits per heavy atom. The molecule has 0 aliphatic rings. The average molecular weight is 384 g/mol. The van der Waals surface area contributed by atoms with Crippen molar-refractivity contribution in [1.29, 1.82) is 0 Å². The van der Waals surface area contributed by atoms with Crippen LogP contribution in [0.4, 0.5) is 0 Å². The maximum absolute atomic E-state index is 12.7. The van der Waals surface area contributed by atoms with Crippen molar-refractivity contribution >= 4 is 5.97 Å². The quantitative estimate of drug-likeness (QED) is 0.570. The highest BCUT2D eigenvalue weighted by Crippen LogP contribution is 2.40. The highest BCUT2D eigenvalue weighted by molar-refractivity contribution is 5.94. The van der Waals surface area contributed by atoms with Crippen molar-refractivity contribution in [1.82, 2.24) is 10.2 Å². The summed E-state index contributed by atoms with van der Waals surface area (Å²) in [6, 6.07) is 12.5. The minimum absolute atomic E-state index is 0.187. The van der Waals surface area contributed by atoms with Gasteiger partial charge in [-0.25, -0.2) is 4.79 Å². The molecule has 8 nitrogen and oxygen atoms in total. The molecule has 28 heavy (non-hydrogen) atoms. The topological polar surface area (TPSA) is 92.9 Å². The summed E-state index contributed by atoms with van der Waals surface area (Å²) in [7, 11) is 4.39. The molecule has 3 rings (SSSR count). The minimum Gasteiger partial charge on any atom is -0.493 e. The predicted octanol–water partition coefficient (Wildman–Crippen LogP) is 3.68. The van der Waals surface area contributed by atoms with E-state index in [1.807, 2.05) is 30.3 Å². The van der Waals surface area contributed by atoms with Crippen molar-refractivity contribution in [3.63, 3.8) is 0 Å². The van der Waals surface area contributed by atoms with Crippen LogP contribution in [0.25, 0.3) is 11.5 Å². The first-order chi connectivity index (χ1) is 13.6. The van der Waals surface area contributed by atoms with E-state index >= 15 is 0 Å². The van der Waals surface area contributed by atoms with Crippen molar-refractivity contribution in [2.75, 3.05) is 21.3 Å². The molecule has 1 aromatic heterocycles. The van der Waals surface area contributed by atoms with Crippen LogP contribution in [-0.4, -0.2) is 37.5 Å². The number of hydrogen-bond donors (Lipinski definition) is 0. The Kier molecular flexibility index (Phi) is 5.78. The van der Waals surface area contributed by atoms with Gasteiger partial charge < -0.3 is 23.4 Å². The Morgan fingerprint density at radius 1 is 0.929 bits per heavy atom. The smallest absolute Gasteiger partial charge is 0.342 e. The number of carbonyl (C=O) groups excluding carboxylic acids is 1. The van der Waals surface area contributed by atoms with Gasteiger partial charge in [-0.3, -0.25) is 0 Å². The molecular formula is C20H20N2O6. The second kappa shape index (κ2) is 8.43. The molecule has 0 saturated carbocycles. The van der Waals surface area contributed by atoms with E-state index in [9.17, 15) is 4.79 Å². The second-order valence-corrected chi connectivity index (χ2v) is 5.74. The molecule has 0 spiro atoms. The standard InChI is InChI=1S/C20H20N2O6/c1-12(18-21-22-19(28-18)13-8-6-5-7-9-13)27-20(23)14-10-11-15(24-2)17(26-4)16(14)25-3/h5-12H,1-4H3/t12-/m0/s1. The third-order valence-electron chi connectivity index (χ3n) is 4.02. The number of methoxy groups -OCH3 is 3. The van der Waals surface area contributed by atoms with Gasteiger partial charge in [0.15, 0.2) is 17.6 Å². The van der Waals surface area contributed by atoms with Crippen molar-refractivity contribution < 1.29 is 28.2 Å². The molecule has 0 unspecified atom stereocenters. The molecule has 0 fully saturated rings. The van der Waals surface area contributed by atoms with E-state index in [-0.39, 0.29) is 17.2 Å². The van der Waals surface area contributed by atoms with Crippen molar-refractivity contribution in [2.24, 2.45) is 0 Å². The Morgan fingerprint density at radius 3 is 2.29 bits per heavy atom. The molecule has 146 valence electrons. The number of nitrogens with zero attached hydrogens (tertiary/aromatic N) is 2. The Bertz CT molecular complexity index is 955. The van der Waals surface area contributed by atoms with Crippen LogP contribution in [0.3, 0.4) is 0 Å². The lowest BCUT2D eigenvalue weighted by atomic mass is 10.1. The van der Waals surface area contributed by atoms with Crippen molar-refractivity contribution in [3.8, 4) is 28.7 Å². The van der Waals surface area contributed by atoms with E-state index in [2.05, 4.69) is 10.2 Å². The van der Waals surface area contributed by atoms with Gasteiger partial charge in [-0.05, 0) is 31.2 Å². The summed E-state index contributed by atoms with van der Waals surface area (Å²) in [6.07, 6.45) is -0.754. The van der Waals surface area contributed by atoms with Crippen LogP contribution in [0.15, 0.2) is 46.9 Å². The number of esters is 1. The SMILES string of the molecule is COc1ccc(C(=O)O[C@@H](C)c2nnc(-c3ccccc3)o2)c(OC)c1OC. The molecule has 1 atom stereocenters. The fourth-order valence-corrected chi connectivity index (χ4v) is 2.63. The average Bonchev–Trinajstić information content (AvgIpc) is 3.23. The predicted molar refractivity (Wildman–Crippen MR) is 99.7 cm³/mol. The van der Waals surface area contributed by atoms with Gasteiger partial charge in [-0.15, -0.1) is 10.2 Å². The van der Waals surface area contributed by atoms with Crippen molar-refractivity contribution in [3.05, 3.63) is 53.9 Å². The van der Waals surface area contributed by atoms with Crippen LogP contribution in [0.5, 0.6) is 17.2 Å². The third kappa shape index (κ3) is 3.75. The van der Waals surface area contributed by atoms with Gasteiger partial charge >= 0.3 is 5.97 Å². The van der Waals surface area contributed by atoms with Gasteiger partial charge in [0.25, 0.3) is 5.89 Å². The third-order valence-corrected chi connectivity index (χ3v) is 4.02. The number of benzene rings is 2. The molecule has 1 heterocycles. The lowest BCUT2D eigenvalue weighted by Gasteiger charge is -2.16. The highest BCUT2D eigenvalue weighted by Gasteiger charge is 2.25. The zero-order valence-electron chi connectivity index (χ0n) is 16.0. The summed E-state index contributed by atoms with van der Waals surface area (Å²) < 4.78 is 26.9. The largest absolute Gasteiger partial charge is 0.493 e. The molecule has 0 bridgehead atoms.